The van der Waals surface area contributed by atoms with Crippen molar-refractivity contribution < 1.29 is 19.1 Å². The number of hydrogen-bond donors (Lipinski definition) is 2. The minimum atomic E-state index is -0.527. The van der Waals surface area contributed by atoms with Crippen LogP contribution in [-0.4, -0.2) is 23.5 Å². The molecular formula is C27H23N3O4S. The van der Waals surface area contributed by atoms with Crippen molar-refractivity contribution in [2.75, 3.05) is 12.1 Å². The van der Waals surface area contributed by atoms with E-state index in [4.69, 9.17) is 9.47 Å². The molecule has 3 aliphatic rings. The maximum Gasteiger partial charge on any atom is 0.255 e. The molecule has 1 amide bonds. The van der Waals surface area contributed by atoms with E-state index in [1.54, 1.807) is 29.7 Å². The second-order valence-electron chi connectivity index (χ2n) is 8.81. The van der Waals surface area contributed by atoms with Crippen LogP contribution in [0, 0.1) is 0 Å². The van der Waals surface area contributed by atoms with Crippen LogP contribution in [0.15, 0.2) is 82.6 Å². The first-order valence-electron chi connectivity index (χ1n) is 11.5. The highest BCUT2D eigenvalue weighted by molar-refractivity contribution is 7.10. The van der Waals surface area contributed by atoms with E-state index in [9.17, 15) is 9.59 Å². The molecule has 7 nitrogen and oxygen atoms in total. The number of fused-ring (bicyclic) bond motifs is 1. The lowest BCUT2D eigenvalue weighted by molar-refractivity contribution is -0.116. The van der Waals surface area contributed by atoms with E-state index >= 15 is 0 Å². The molecule has 4 heterocycles. The smallest absolute Gasteiger partial charge is 0.255 e. The van der Waals surface area contributed by atoms with Gasteiger partial charge < -0.3 is 20.1 Å². The Morgan fingerprint density at radius 3 is 2.80 bits per heavy atom. The maximum absolute atomic E-state index is 13.7. The molecule has 8 heteroatoms. The number of carbonyl (C=O) groups is 2. The summed E-state index contributed by atoms with van der Waals surface area (Å²) >= 11 is 1.67. The van der Waals surface area contributed by atoms with Crippen molar-refractivity contribution in [3.05, 3.63) is 93.1 Å². The van der Waals surface area contributed by atoms with Gasteiger partial charge in [0, 0.05) is 51.9 Å². The van der Waals surface area contributed by atoms with Crippen LogP contribution >= 0.6 is 11.3 Å². The Kier molecular flexibility index (Phi) is 5.37. The van der Waals surface area contributed by atoms with Crippen molar-refractivity contribution in [1.82, 2.24) is 10.3 Å². The SMILES string of the molecule is CC1=C(C(=O)Nc2ccccn2)C(c2ccc3c(c2)OCO3)C2=C(CC(c3cccs3)CC2=O)N1. The van der Waals surface area contributed by atoms with Crippen LogP contribution in [0.25, 0.3) is 0 Å². The van der Waals surface area contributed by atoms with Crippen molar-refractivity contribution >= 4 is 28.8 Å². The highest BCUT2D eigenvalue weighted by Crippen LogP contribution is 2.47. The minimum Gasteiger partial charge on any atom is -0.454 e. The van der Waals surface area contributed by atoms with E-state index < -0.39 is 5.92 Å². The number of thiophene rings is 1. The fourth-order valence-electron chi connectivity index (χ4n) is 5.11. The molecule has 1 aromatic carbocycles. The van der Waals surface area contributed by atoms with Crippen molar-refractivity contribution in [2.24, 2.45) is 0 Å². The second kappa shape index (κ2) is 8.70. The fraction of sp³-hybridized carbons (Fsp3) is 0.222. The number of allylic oxidation sites excluding steroid dienone is 3. The van der Waals surface area contributed by atoms with Gasteiger partial charge in [-0.25, -0.2) is 4.98 Å². The Morgan fingerprint density at radius 1 is 1.11 bits per heavy atom. The number of carbonyl (C=O) groups excluding carboxylic acids is 2. The molecule has 2 atom stereocenters. The Balaban J connectivity index is 1.43. The fourth-order valence-corrected chi connectivity index (χ4v) is 5.94. The van der Waals surface area contributed by atoms with Crippen LogP contribution in [0.5, 0.6) is 11.5 Å². The molecule has 3 aromatic rings. The van der Waals surface area contributed by atoms with Gasteiger partial charge in [-0.2, -0.15) is 0 Å². The number of ether oxygens (including phenoxy) is 2. The molecule has 0 saturated carbocycles. The average Bonchev–Trinajstić information content (AvgIpc) is 3.55. The third-order valence-corrected chi connectivity index (χ3v) is 7.69. The molecule has 1 aliphatic carbocycles. The van der Waals surface area contributed by atoms with Crippen molar-refractivity contribution in [3.8, 4) is 11.5 Å². The number of rotatable bonds is 4. The molecule has 2 N–H and O–H groups in total. The molecule has 2 aliphatic heterocycles. The number of ketones is 1. The molecule has 176 valence electrons. The van der Waals surface area contributed by atoms with Gasteiger partial charge in [-0.05, 0) is 54.6 Å². The third-order valence-electron chi connectivity index (χ3n) is 6.65. The van der Waals surface area contributed by atoms with E-state index in [0.717, 1.165) is 23.4 Å². The van der Waals surface area contributed by atoms with Gasteiger partial charge in [-0.3, -0.25) is 9.59 Å². The molecule has 2 unspecified atom stereocenters. The Labute approximate surface area is 206 Å². The Hall–Kier alpha value is -3.91. The molecule has 0 spiro atoms. The van der Waals surface area contributed by atoms with Crippen molar-refractivity contribution in [3.63, 3.8) is 0 Å². The molecule has 0 fully saturated rings. The Bertz CT molecular complexity index is 1380. The molecule has 2 aromatic heterocycles. The first-order chi connectivity index (χ1) is 17.1. The average molecular weight is 486 g/mol. The third kappa shape index (κ3) is 3.89. The number of benzene rings is 1. The van der Waals surface area contributed by atoms with Gasteiger partial charge in [0.1, 0.15) is 5.82 Å². The normalized spacial score (nSPS) is 21.0. The number of Topliss-reactive ketones (excluding diaryl/α,β-unsaturated/α-hetero) is 1. The van der Waals surface area contributed by atoms with Crippen LogP contribution in [0.2, 0.25) is 0 Å². The summed E-state index contributed by atoms with van der Waals surface area (Å²) in [6.45, 7) is 2.04. The van der Waals surface area contributed by atoms with Crippen molar-refractivity contribution in [1.29, 1.82) is 0 Å². The van der Waals surface area contributed by atoms with Crippen molar-refractivity contribution in [2.45, 2.75) is 31.6 Å². The molecule has 0 saturated heterocycles. The van der Waals surface area contributed by atoms with Gasteiger partial charge in [0.15, 0.2) is 17.3 Å². The van der Waals surface area contributed by atoms with Crippen LogP contribution in [0.4, 0.5) is 5.82 Å². The summed E-state index contributed by atoms with van der Waals surface area (Å²) in [5.74, 6) is 1.08. The highest BCUT2D eigenvalue weighted by Gasteiger charge is 2.41. The number of nitrogens with zero attached hydrogens (tertiary/aromatic N) is 1. The standard InChI is InChI=1S/C27H23N3O4S/c1-15-24(27(32)30-23-6-2-3-9-28-23)25(16-7-8-20-21(13-16)34-14-33-20)26-18(29-15)11-17(12-19(26)31)22-5-4-10-35-22/h2-10,13,17,25,29H,11-12,14H2,1H3,(H,28,30,32). The lowest BCUT2D eigenvalue weighted by Crippen LogP contribution is -2.37. The summed E-state index contributed by atoms with van der Waals surface area (Å²) < 4.78 is 11.1. The number of hydrogen-bond acceptors (Lipinski definition) is 7. The van der Waals surface area contributed by atoms with Crippen LogP contribution in [0.1, 0.15) is 42.0 Å². The zero-order valence-corrected chi connectivity index (χ0v) is 19.9. The lowest BCUT2D eigenvalue weighted by Gasteiger charge is -2.36. The first-order valence-corrected chi connectivity index (χ1v) is 12.4. The van der Waals surface area contributed by atoms with Crippen LogP contribution < -0.4 is 20.1 Å². The molecule has 6 rings (SSSR count). The summed E-state index contributed by atoms with van der Waals surface area (Å²) in [4.78, 5) is 32.7. The molecule has 0 radical (unpaired) electrons. The predicted molar refractivity (Wildman–Crippen MR) is 132 cm³/mol. The van der Waals surface area contributed by atoms with Crippen LogP contribution in [-0.2, 0) is 9.59 Å². The number of pyridine rings is 1. The largest absolute Gasteiger partial charge is 0.454 e. The first kappa shape index (κ1) is 21.6. The lowest BCUT2D eigenvalue weighted by atomic mass is 9.72. The summed E-state index contributed by atoms with van der Waals surface area (Å²) in [6.07, 6.45) is 2.76. The van der Waals surface area contributed by atoms with E-state index in [1.807, 2.05) is 42.6 Å². The topological polar surface area (TPSA) is 89.6 Å². The van der Waals surface area contributed by atoms with Gasteiger partial charge in [0.05, 0.1) is 0 Å². The van der Waals surface area contributed by atoms with Gasteiger partial charge in [0.25, 0.3) is 5.91 Å². The number of nitrogens with one attached hydrogen (secondary N) is 2. The summed E-state index contributed by atoms with van der Waals surface area (Å²) in [5, 5.41) is 8.36. The highest BCUT2D eigenvalue weighted by atomic mass is 32.1. The number of anilines is 1. The second-order valence-corrected chi connectivity index (χ2v) is 9.79. The summed E-state index contributed by atoms with van der Waals surface area (Å²) in [5.41, 5.74) is 3.56. The van der Waals surface area contributed by atoms with E-state index in [0.29, 0.717) is 34.9 Å². The summed E-state index contributed by atoms with van der Waals surface area (Å²) in [7, 11) is 0. The molecular weight excluding hydrogens is 462 g/mol. The van der Waals surface area contributed by atoms with E-state index in [2.05, 4.69) is 21.7 Å². The van der Waals surface area contributed by atoms with E-state index in [-0.39, 0.29) is 24.4 Å². The number of amides is 1. The van der Waals surface area contributed by atoms with Gasteiger partial charge in [-0.15, -0.1) is 11.3 Å². The molecule has 0 bridgehead atoms. The van der Waals surface area contributed by atoms with Gasteiger partial charge in [-0.1, -0.05) is 18.2 Å². The number of aromatic nitrogens is 1. The summed E-state index contributed by atoms with van der Waals surface area (Å²) in [6, 6.07) is 15.1. The quantitative estimate of drug-likeness (QED) is 0.548. The van der Waals surface area contributed by atoms with Crippen LogP contribution in [0.3, 0.4) is 0 Å². The van der Waals surface area contributed by atoms with Gasteiger partial charge in [0.2, 0.25) is 6.79 Å². The van der Waals surface area contributed by atoms with Gasteiger partial charge >= 0.3 is 0 Å². The molecule has 35 heavy (non-hydrogen) atoms. The zero-order valence-electron chi connectivity index (χ0n) is 19.0. The monoisotopic (exact) mass is 485 g/mol. The Morgan fingerprint density at radius 2 is 2.00 bits per heavy atom. The number of dihydropyridines is 1. The van der Waals surface area contributed by atoms with E-state index in [1.165, 1.54) is 4.88 Å². The minimum absolute atomic E-state index is 0.0513. The zero-order chi connectivity index (χ0) is 23.9. The maximum atomic E-state index is 13.7. The predicted octanol–water partition coefficient (Wildman–Crippen LogP) is 4.87.